The molecule has 1 aromatic rings. The third kappa shape index (κ3) is 5.14. The van der Waals surface area contributed by atoms with E-state index in [0.717, 1.165) is 17.5 Å². The van der Waals surface area contributed by atoms with Crippen molar-refractivity contribution in [1.82, 2.24) is 0 Å². The van der Waals surface area contributed by atoms with Crippen molar-refractivity contribution in [1.29, 1.82) is 0 Å². The van der Waals surface area contributed by atoms with Crippen molar-refractivity contribution in [2.24, 2.45) is 0 Å². The first-order chi connectivity index (χ1) is 9.56. The second-order valence-electron chi connectivity index (χ2n) is 4.68. The maximum absolute atomic E-state index is 11.0. The zero-order chi connectivity index (χ0) is 15.0. The maximum atomic E-state index is 11.0. The van der Waals surface area contributed by atoms with E-state index >= 15 is 0 Å². The highest BCUT2D eigenvalue weighted by atomic mass is 16.6. The van der Waals surface area contributed by atoms with Gasteiger partial charge in [-0.05, 0) is 43.9 Å². The smallest absolute Gasteiger partial charge is 0.292 e. The third-order valence-corrected chi connectivity index (χ3v) is 3.04. The van der Waals surface area contributed by atoms with Crippen LogP contribution in [0.4, 0.5) is 11.4 Å². The highest BCUT2D eigenvalue weighted by Crippen LogP contribution is 2.27. The minimum absolute atomic E-state index is 0.106. The summed E-state index contributed by atoms with van der Waals surface area (Å²) in [7, 11) is 0. The zero-order valence-corrected chi connectivity index (χ0v) is 12.0. The van der Waals surface area contributed by atoms with Gasteiger partial charge >= 0.3 is 0 Å². The molecule has 0 aliphatic carbocycles. The molecular formula is C14H22N2O4. The normalized spacial score (nSPS) is 10.6. The number of aryl methyl sites for hydroxylation is 2. The fraction of sp³-hybridized carbons (Fsp3) is 0.571. The molecule has 0 radical (unpaired) electrons. The molecule has 0 aliphatic rings. The molecule has 0 atom stereocenters. The average Bonchev–Trinajstić information content (AvgIpc) is 2.41. The van der Waals surface area contributed by atoms with Crippen LogP contribution in [-0.2, 0) is 4.74 Å². The van der Waals surface area contributed by atoms with Crippen LogP contribution in [-0.4, -0.2) is 36.4 Å². The van der Waals surface area contributed by atoms with Gasteiger partial charge < -0.3 is 15.2 Å². The van der Waals surface area contributed by atoms with Gasteiger partial charge in [-0.1, -0.05) is 0 Å². The number of benzene rings is 1. The number of rotatable bonds is 9. The second kappa shape index (κ2) is 8.50. The lowest BCUT2D eigenvalue weighted by Crippen LogP contribution is -2.08. The third-order valence-electron chi connectivity index (χ3n) is 3.04. The molecule has 6 heteroatoms. The molecule has 0 spiro atoms. The Labute approximate surface area is 118 Å². The van der Waals surface area contributed by atoms with Gasteiger partial charge in [0.25, 0.3) is 5.69 Å². The number of anilines is 1. The molecule has 0 saturated heterocycles. The summed E-state index contributed by atoms with van der Waals surface area (Å²) in [6.07, 6.45) is 1.39. The number of aliphatic hydroxyl groups is 1. The molecule has 6 nitrogen and oxygen atoms in total. The Balaban J connectivity index is 2.47. The van der Waals surface area contributed by atoms with Crippen molar-refractivity contribution in [3.63, 3.8) is 0 Å². The molecule has 0 bridgehead atoms. The molecule has 0 aliphatic heterocycles. The molecule has 0 heterocycles. The number of hydrogen-bond acceptors (Lipinski definition) is 5. The van der Waals surface area contributed by atoms with Crippen molar-refractivity contribution in [2.75, 3.05) is 31.7 Å². The van der Waals surface area contributed by atoms with Gasteiger partial charge in [0.05, 0.1) is 4.92 Å². The van der Waals surface area contributed by atoms with Gasteiger partial charge in [0, 0.05) is 32.4 Å². The molecule has 0 fully saturated rings. The Bertz CT molecular complexity index is 449. The standard InChI is InChI=1S/C14H22N2O4/c1-11-9-13(14(16(18)19)10-12(11)2)15-5-3-7-20-8-4-6-17/h9-10,15,17H,3-8H2,1-2H3. The highest BCUT2D eigenvalue weighted by molar-refractivity contribution is 5.64. The Morgan fingerprint density at radius 3 is 2.55 bits per heavy atom. The van der Waals surface area contributed by atoms with Crippen molar-refractivity contribution in [3.05, 3.63) is 33.4 Å². The van der Waals surface area contributed by atoms with Crippen LogP contribution in [0.3, 0.4) is 0 Å². The summed E-state index contributed by atoms with van der Waals surface area (Å²) >= 11 is 0. The minimum Gasteiger partial charge on any atom is -0.396 e. The predicted octanol–water partition coefficient (Wildman–Crippen LogP) is 2.41. The topological polar surface area (TPSA) is 84.6 Å². The quantitative estimate of drug-likeness (QED) is 0.413. The molecule has 0 amide bonds. The summed E-state index contributed by atoms with van der Waals surface area (Å²) in [6, 6.07) is 3.40. The lowest BCUT2D eigenvalue weighted by Gasteiger charge is -2.10. The Hall–Kier alpha value is -1.66. The van der Waals surface area contributed by atoms with Crippen LogP contribution in [0.2, 0.25) is 0 Å². The van der Waals surface area contributed by atoms with Crippen LogP contribution in [0.25, 0.3) is 0 Å². The Morgan fingerprint density at radius 1 is 1.25 bits per heavy atom. The van der Waals surface area contributed by atoms with Gasteiger partial charge in [-0.2, -0.15) is 0 Å². The van der Waals surface area contributed by atoms with Gasteiger partial charge in [-0.15, -0.1) is 0 Å². The van der Waals surface area contributed by atoms with Gasteiger partial charge in [-0.25, -0.2) is 0 Å². The van der Waals surface area contributed by atoms with Gasteiger partial charge in [0.15, 0.2) is 0 Å². The summed E-state index contributed by atoms with van der Waals surface area (Å²) in [5.41, 5.74) is 2.59. The lowest BCUT2D eigenvalue weighted by atomic mass is 10.1. The summed E-state index contributed by atoms with van der Waals surface area (Å²) in [5.74, 6) is 0. The van der Waals surface area contributed by atoms with Crippen molar-refractivity contribution < 1.29 is 14.8 Å². The number of nitrogens with zero attached hydrogens (tertiary/aromatic N) is 1. The molecule has 0 aromatic heterocycles. The largest absolute Gasteiger partial charge is 0.396 e. The van der Waals surface area contributed by atoms with Crippen molar-refractivity contribution in [3.8, 4) is 0 Å². The van der Waals surface area contributed by atoms with Crippen molar-refractivity contribution >= 4 is 11.4 Å². The molecule has 20 heavy (non-hydrogen) atoms. The molecule has 2 N–H and O–H groups in total. The second-order valence-corrected chi connectivity index (χ2v) is 4.68. The van der Waals surface area contributed by atoms with Crippen LogP contribution in [0.15, 0.2) is 12.1 Å². The molecule has 0 saturated carbocycles. The van der Waals surface area contributed by atoms with Gasteiger partial charge in [0.2, 0.25) is 0 Å². The van der Waals surface area contributed by atoms with Crippen LogP contribution in [0.1, 0.15) is 24.0 Å². The zero-order valence-electron chi connectivity index (χ0n) is 12.0. The Morgan fingerprint density at radius 2 is 1.90 bits per heavy atom. The number of aliphatic hydroxyl groups excluding tert-OH is 1. The monoisotopic (exact) mass is 282 g/mol. The fourth-order valence-corrected chi connectivity index (χ4v) is 1.76. The number of ether oxygens (including phenoxy) is 1. The maximum Gasteiger partial charge on any atom is 0.292 e. The number of nitro benzene ring substituents is 1. The van der Waals surface area contributed by atoms with E-state index in [4.69, 9.17) is 9.84 Å². The fourth-order valence-electron chi connectivity index (χ4n) is 1.76. The Kier molecular flexibility index (Phi) is 6.97. The first-order valence-electron chi connectivity index (χ1n) is 6.74. The molecule has 1 aromatic carbocycles. The summed E-state index contributed by atoms with van der Waals surface area (Å²) < 4.78 is 5.30. The van der Waals surface area contributed by atoms with Crippen LogP contribution in [0, 0.1) is 24.0 Å². The molecule has 1 rings (SSSR count). The average molecular weight is 282 g/mol. The van der Waals surface area contributed by atoms with Crippen molar-refractivity contribution in [2.45, 2.75) is 26.7 Å². The van der Waals surface area contributed by atoms with Gasteiger partial charge in [-0.3, -0.25) is 10.1 Å². The highest BCUT2D eigenvalue weighted by Gasteiger charge is 2.14. The van der Waals surface area contributed by atoms with E-state index < -0.39 is 0 Å². The first-order valence-corrected chi connectivity index (χ1v) is 6.74. The number of nitrogens with one attached hydrogen (secondary N) is 1. The van der Waals surface area contributed by atoms with Crippen LogP contribution < -0.4 is 5.32 Å². The minimum atomic E-state index is -0.369. The van der Waals surface area contributed by atoms with Gasteiger partial charge in [0.1, 0.15) is 5.69 Å². The van der Waals surface area contributed by atoms with E-state index in [1.165, 1.54) is 0 Å². The SMILES string of the molecule is Cc1cc(NCCCOCCCO)c([N+](=O)[O-])cc1C. The molecule has 0 unspecified atom stereocenters. The van der Waals surface area contributed by atoms with E-state index in [-0.39, 0.29) is 17.2 Å². The van der Waals surface area contributed by atoms with Crippen LogP contribution >= 0.6 is 0 Å². The predicted molar refractivity (Wildman–Crippen MR) is 78.2 cm³/mol. The van der Waals surface area contributed by atoms with Crippen LogP contribution in [0.5, 0.6) is 0 Å². The molecular weight excluding hydrogens is 260 g/mol. The molecule has 112 valence electrons. The summed E-state index contributed by atoms with van der Waals surface area (Å²) in [6.45, 7) is 5.66. The van der Waals surface area contributed by atoms with E-state index in [1.807, 2.05) is 13.8 Å². The summed E-state index contributed by atoms with van der Waals surface area (Å²) in [4.78, 5) is 10.6. The number of nitro groups is 1. The van der Waals surface area contributed by atoms with E-state index in [9.17, 15) is 10.1 Å². The number of hydrogen-bond donors (Lipinski definition) is 2. The first kappa shape index (κ1) is 16.4. The summed E-state index contributed by atoms with van der Waals surface area (Å²) in [5, 5.41) is 22.7. The lowest BCUT2D eigenvalue weighted by molar-refractivity contribution is -0.384. The van der Waals surface area contributed by atoms with E-state index in [2.05, 4.69) is 5.32 Å². The van der Waals surface area contributed by atoms with E-state index in [1.54, 1.807) is 12.1 Å². The van der Waals surface area contributed by atoms with E-state index in [0.29, 0.717) is 31.9 Å².